The first-order valence-electron chi connectivity index (χ1n) is 1.94. The highest BCUT2D eigenvalue weighted by molar-refractivity contribution is 5.56. The van der Waals surface area contributed by atoms with Gasteiger partial charge in [-0.1, -0.05) is 4.99 Å². The van der Waals surface area contributed by atoms with Gasteiger partial charge in [-0.15, -0.1) is 0 Å². The first-order valence-corrected chi connectivity index (χ1v) is 1.94. The van der Waals surface area contributed by atoms with Gasteiger partial charge in [-0.05, 0) is 6.58 Å². The number of rotatable bonds is 0. The SMILES string of the molecule is C=C=[N+]1C=CN=C1. The highest BCUT2D eigenvalue weighted by Gasteiger charge is 1.93. The lowest BCUT2D eigenvalue weighted by Crippen LogP contribution is -1.91. The molecule has 2 nitrogen and oxygen atoms in total. The number of nitrogens with zero attached hydrogens (tertiary/aromatic N) is 2. The van der Waals surface area contributed by atoms with Crippen LogP contribution >= 0.6 is 0 Å². The van der Waals surface area contributed by atoms with Crippen molar-refractivity contribution in [3.05, 3.63) is 19.0 Å². The number of hydrogen-bond donors (Lipinski definition) is 0. The van der Waals surface area contributed by atoms with Crippen molar-refractivity contribution in [3.8, 4) is 0 Å². The van der Waals surface area contributed by atoms with Gasteiger partial charge in [0.1, 0.15) is 6.20 Å². The van der Waals surface area contributed by atoms with Crippen LogP contribution in [0.1, 0.15) is 0 Å². The zero-order valence-corrected chi connectivity index (χ0v) is 3.83. The molecule has 7 heavy (non-hydrogen) atoms. The fourth-order valence-electron chi connectivity index (χ4n) is 0.353. The van der Waals surface area contributed by atoms with Crippen LogP contribution in [0.5, 0.6) is 0 Å². The Morgan fingerprint density at radius 2 is 2.57 bits per heavy atom. The van der Waals surface area contributed by atoms with E-state index in [4.69, 9.17) is 0 Å². The molecule has 0 atom stereocenters. The Kier molecular flexibility index (Phi) is 0.886. The average Bonchev–Trinajstić information content (AvgIpc) is 2.14. The maximum absolute atomic E-state index is 3.75. The van der Waals surface area contributed by atoms with Crippen LogP contribution in [0.15, 0.2) is 24.0 Å². The van der Waals surface area contributed by atoms with Crippen LogP contribution in [0.25, 0.3) is 0 Å². The summed E-state index contributed by atoms with van der Waals surface area (Å²) in [4.78, 5) is 3.75. The third-order valence-electron chi connectivity index (χ3n) is 0.687. The molecule has 1 aliphatic heterocycles. The summed E-state index contributed by atoms with van der Waals surface area (Å²) in [5, 5.41) is 0. The molecule has 0 aromatic carbocycles. The first kappa shape index (κ1) is 4.03. The molecule has 0 saturated carbocycles. The van der Waals surface area contributed by atoms with Crippen LogP contribution in [0.2, 0.25) is 0 Å². The molecular formula is C5H5N2+. The number of aliphatic imine (C=N–C) groups is 1. The van der Waals surface area contributed by atoms with E-state index in [9.17, 15) is 0 Å². The summed E-state index contributed by atoms with van der Waals surface area (Å²) >= 11 is 0. The second-order valence-corrected chi connectivity index (χ2v) is 1.13. The minimum atomic E-state index is 1.63. The van der Waals surface area contributed by atoms with Crippen LogP contribution in [0.4, 0.5) is 0 Å². The molecule has 1 heterocycles. The van der Waals surface area contributed by atoms with Crippen molar-refractivity contribution in [2.75, 3.05) is 0 Å². The monoisotopic (exact) mass is 93.0 g/mol. The molecule has 0 aromatic heterocycles. The molecule has 0 saturated heterocycles. The lowest BCUT2D eigenvalue weighted by molar-refractivity contribution is -0.299. The van der Waals surface area contributed by atoms with Crippen molar-refractivity contribution in [2.45, 2.75) is 0 Å². The molecule has 34 valence electrons. The van der Waals surface area contributed by atoms with Crippen molar-refractivity contribution >= 4 is 12.2 Å². The van der Waals surface area contributed by atoms with Crippen LogP contribution in [-0.4, -0.2) is 16.8 Å². The van der Waals surface area contributed by atoms with Gasteiger partial charge in [0.15, 0.2) is 6.20 Å². The minimum Gasteiger partial charge on any atom is -0.160 e. The largest absolute Gasteiger partial charge is 0.299 e. The molecule has 1 rings (SSSR count). The molecule has 0 amide bonds. The van der Waals surface area contributed by atoms with Gasteiger partial charge in [-0.3, -0.25) is 0 Å². The quantitative estimate of drug-likeness (QED) is 0.384. The Bertz CT molecular complexity index is 157. The average molecular weight is 93.1 g/mol. The Labute approximate surface area is 41.8 Å². The normalized spacial score (nSPS) is 15.1. The summed E-state index contributed by atoms with van der Waals surface area (Å²) in [7, 11) is 0. The van der Waals surface area contributed by atoms with E-state index >= 15 is 0 Å². The summed E-state index contributed by atoms with van der Waals surface area (Å²) in [6.45, 7) is 3.40. The molecule has 0 aromatic rings. The van der Waals surface area contributed by atoms with Gasteiger partial charge in [0.05, 0.1) is 5.87 Å². The molecule has 1 aliphatic rings. The minimum absolute atomic E-state index is 1.63. The van der Waals surface area contributed by atoms with E-state index < -0.39 is 0 Å². The van der Waals surface area contributed by atoms with Crippen molar-refractivity contribution < 1.29 is 4.58 Å². The van der Waals surface area contributed by atoms with Crippen molar-refractivity contribution in [1.29, 1.82) is 0 Å². The second kappa shape index (κ2) is 1.54. The van der Waals surface area contributed by atoms with Crippen LogP contribution in [0.3, 0.4) is 0 Å². The van der Waals surface area contributed by atoms with E-state index in [0.717, 1.165) is 0 Å². The predicted octanol–water partition coefficient (Wildman–Crippen LogP) is 0.368. The molecule has 0 bridgehead atoms. The highest BCUT2D eigenvalue weighted by atomic mass is 15.0. The molecular weight excluding hydrogens is 88.1 g/mol. The lowest BCUT2D eigenvalue weighted by atomic mass is 10.9. The third-order valence-corrected chi connectivity index (χ3v) is 0.687. The number of hydrogen-bond acceptors (Lipinski definition) is 1. The van der Waals surface area contributed by atoms with Crippen molar-refractivity contribution in [1.82, 2.24) is 0 Å². The molecule has 0 spiro atoms. The maximum atomic E-state index is 3.75. The second-order valence-electron chi connectivity index (χ2n) is 1.13. The molecule has 0 aliphatic carbocycles. The molecule has 0 unspecified atom stereocenters. The Hall–Kier alpha value is -1.14. The highest BCUT2D eigenvalue weighted by Crippen LogP contribution is 1.81. The van der Waals surface area contributed by atoms with Crippen LogP contribution in [0, 0.1) is 0 Å². The smallest absolute Gasteiger partial charge is 0.160 e. The van der Waals surface area contributed by atoms with Gasteiger partial charge in [0.25, 0.3) is 6.34 Å². The summed E-state index contributed by atoms with van der Waals surface area (Å²) in [6.07, 6.45) is 5.08. The van der Waals surface area contributed by atoms with Crippen molar-refractivity contribution in [2.24, 2.45) is 4.99 Å². The van der Waals surface area contributed by atoms with Gasteiger partial charge in [0.2, 0.25) is 0 Å². The van der Waals surface area contributed by atoms with E-state index in [2.05, 4.69) is 17.4 Å². The van der Waals surface area contributed by atoms with Gasteiger partial charge in [-0.2, -0.15) is 4.58 Å². The van der Waals surface area contributed by atoms with E-state index in [1.807, 2.05) is 0 Å². The zero-order chi connectivity index (χ0) is 5.11. The van der Waals surface area contributed by atoms with Gasteiger partial charge >= 0.3 is 0 Å². The van der Waals surface area contributed by atoms with Crippen LogP contribution in [-0.2, 0) is 0 Å². The van der Waals surface area contributed by atoms with Crippen LogP contribution < -0.4 is 0 Å². The summed E-state index contributed by atoms with van der Waals surface area (Å²) < 4.78 is 1.65. The van der Waals surface area contributed by atoms with Gasteiger partial charge in [-0.25, -0.2) is 0 Å². The first-order chi connectivity index (χ1) is 3.43. The summed E-state index contributed by atoms with van der Waals surface area (Å²) in [6, 6.07) is 0. The third kappa shape index (κ3) is 0.643. The Morgan fingerprint density at radius 1 is 1.71 bits per heavy atom. The fourth-order valence-corrected chi connectivity index (χ4v) is 0.353. The van der Waals surface area contributed by atoms with Gasteiger partial charge in [0, 0.05) is 0 Å². The Morgan fingerprint density at radius 3 is 2.86 bits per heavy atom. The summed E-state index contributed by atoms with van der Waals surface area (Å²) in [5.74, 6) is 2.61. The van der Waals surface area contributed by atoms with Crippen molar-refractivity contribution in [3.63, 3.8) is 0 Å². The topological polar surface area (TPSA) is 15.4 Å². The standard InChI is InChI=1S/C5H5N2/c1-2-7-4-3-6-5-7/h3-5H,1H2/q+1. The lowest BCUT2D eigenvalue weighted by Gasteiger charge is -1.67. The molecule has 2 heteroatoms. The molecule has 0 fully saturated rings. The molecule has 0 radical (unpaired) electrons. The Balaban J connectivity index is 3.00. The fraction of sp³-hybridized carbons (Fsp3) is 0. The van der Waals surface area contributed by atoms with E-state index in [1.165, 1.54) is 0 Å². The summed E-state index contributed by atoms with van der Waals surface area (Å²) in [5.41, 5.74) is 0. The van der Waals surface area contributed by atoms with E-state index in [0.29, 0.717) is 0 Å². The predicted molar refractivity (Wildman–Crippen MR) is 28.5 cm³/mol. The maximum Gasteiger partial charge on any atom is 0.299 e. The van der Waals surface area contributed by atoms with E-state index in [-0.39, 0.29) is 0 Å². The zero-order valence-electron chi connectivity index (χ0n) is 3.83. The van der Waals surface area contributed by atoms with E-state index in [1.54, 1.807) is 23.3 Å². The van der Waals surface area contributed by atoms with Gasteiger partial charge < -0.3 is 0 Å². The molecule has 0 N–H and O–H groups in total.